The van der Waals surface area contributed by atoms with Crippen LogP contribution in [-0.4, -0.2) is 34.5 Å². The summed E-state index contributed by atoms with van der Waals surface area (Å²) in [7, 11) is 0. The fraction of sp³-hybridized carbons (Fsp3) is 0.842. The zero-order chi connectivity index (χ0) is 16.6. The Morgan fingerprint density at radius 2 is 1.96 bits per heavy atom. The molecule has 4 nitrogen and oxygen atoms in total. The number of esters is 1. The molecule has 7 atom stereocenters. The van der Waals surface area contributed by atoms with Gasteiger partial charge in [0.15, 0.2) is 0 Å². The highest BCUT2D eigenvalue weighted by molar-refractivity contribution is 5.70. The van der Waals surface area contributed by atoms with Crippen LogP contribution in [-0.2, 0) is 9.53 Å². The third-order valence-corrected chi connectivity index (χ3v) is 6.20. The Hall–Kier alpha value is -0.870. The van der Waals surface area contributed by atoms with Crippen molar-refractivity contribution in [2.45, 2.75) is 77.1 Å². The van der Waals surface area contributed by atoms with Gasteiger partial charge in [0.05, 0.1) is 18.6 Å². The van der Waals surface area contributed by atoms with Crippen LogP contribution in [0.25, 0.3) is 0 Å². The van der Waals surface area contributed by atoms with Crippen LogP contribution in [0.1, 0.15) is 58.8 Å². The van der Waals surface area contributed by atoms with Gasteiger partial charge in [-0.25, -0.2) is 0 Å². The van der Waals surface area contributed by atoms with Crippen LogP contribution >= 0.6 is 0 Å². The number of hydrogen-bond acceptors (Lipinski definition) is 4. The predicted molar refractivity (Wildman–Crippen MR) is 87.6 cm³/mol. The monoisotopic (exact) mass is 322 g/mol. The highest BCUT2D eigenvalue weighted by atomic mass is 16.5. The van der Waals surface area contributed by atoms with E-state index in [1.54, 1.807) is 0 Å². The van der Waals surface area contributed by atoms with Crippen molar-refractivity contribution in [2.24, 2.45) is 23.7 Å². The van der Waals surface area contributed by atoms with Crippen molar-refractivity contribution in [2.75, 3.05) is 0 Å². The summed E-state index contributed by atoms with van der Waals surface area (Å²) >= 11 is 0. The maximum absolute atomic E-state index is 11.5. The molecule has 1 saturated heterocycles. The number of carbonyl (C=O) groups excluding carboxylic acids is 1. The first-order valence-electron chi connectivity index (χ1n) is 9.20. The van der Waals surface area contributed by atoms with E-state index in [-0.39, 0.29) is 30.5 Å². The van der Waals surface area contributed by atoms with Gasteiger partial charge in [0.2, 0.25) is 0 Å². The summed E-state index contributed by atoms with van der Waals surface area (Å²) in [4.78, 5) is 11.5. The molecule has 130 valence electrons. The van der Waals surface area contributed by atoms with Crippen molar-refractivity contribution in [3.05, 3.63) is 11.6 Å². The lowest BCUT2D eigenvalue weighted by Gasteiger charge is -2.44. The minimum Gasteiger partial charge on any atom is -0.462 e. The second-order valence-corrected chi connectivity index (χ2v) is 8.03. The van der Waals surface area contributed by atoms with Gasteiger partial charge in [-0.05, 0) is 55.8 Å². The Bertz CT molecular complexity index is 472. The number of carbonyl (C=O) groups is 1. The summed E-state index contributed by atoms with van der Waals surface area (Å²) in [6.45, 7) is 4.43. The number of ether oxygens (including phenoxy) is 1. The molecule has 2 fully saturated rings. The molecule has 2 N–H and O–H groups in total. The van der Waals surface area contributed by atoms with Crippen LogP contribution in [0, 0.1) is 23.7 Å². The Morgan fingerprint density at radius 1 is 1.17 bits per heavy atom. The minimum atomic E-state index is -0.554. The van der Waals surface area contributed by atoms with Gasteiger partial charge < -0.3 is 14.9 Å². The lowest BCUT2D eigenvalue weighted by atomic mass is 9.63. The van der Waals surface area contributed by atoms with Gasteiger partial charge in [0.25, 0.3) is 0 Å². The van der Waals surface area contributed by atoms with E-state index in [0.29, 0.717) is 24.2 Å². The van der Waals surface area contributed by atoms with Crippen LogP contribution in [0.4, 0.5) is 0 Å². The third-order valence-electron chi connectivity index (χ3n) is 6.20. The number of aliphatic hydroxyl groups excluding tert-OH is 2. The summed E-state index contributed by atoms with van der Waals surface area (Å²) in [5, 5.41) is 20.1. The first-order chi connectivity index (χ1) is 10.9. The number of aliphatic hydroxyl groups is 2. The second kappa shape index (κ2) is 6.94. The molecule has 0 amide bonds. The summed E-state index contributed by atoms with van der Waals surface area (Å²) in [6.07, 6.45) is 7.06. The van der Waals surface area contributed by atoms with E-state index in [4.69, 9.17) is 4.74 Å². The molecule has 1 saturated carbocycles. The number of hydrogen-bond donors (Lipinski definition) is 2. The highest BCUT2D eigenvalue weighted by Gasteiger charge is 2.39. The predicted octanol–water partition coefficient (Wildman–Crippen LogP) is 2.82. The second-order valence-electron chi connectivity index (χ2n) is 8.03. The van der Waals surface area contributed by atoms with E-state index in [9.17, 15) is 15.0 Å². The zero-order valence-corrected chi connectivity index (χ0v) is 14.3. The van der Waals surface area contributed by atoms with E-state index in [1.165, 1.54) is 18.4 Å². The fourth-order valence-corrected chi connectivity index (χ4v) is 4.86. The van der Waals surface area contributed by atoms with E-state index in [1.807, 2.05) is 0 Å². The molecular formula is C19H30O4. The first kappa shape index (κ1) is 17.0. The van der Waals surface area contributed by atoms with Gasteiger partial charge >= 0.3 is 5.97 Å². The average Bonchev–Trinajstić information content (AvgIpc) is 2.47. The van der Waals surface area contributed by atoms with E-state index in [0.717, 1.165) is 19.3 Å². The summed E-state index contributed by atoms with van der Waals surface area (Å²) in [6, 6.07) is 0. The standard InChI is InChI=1S/C19H30O4/c1-11-3-5-17-13(7-11)8-18(21)12(2)16(17)6-4-15-9-14(20)10-19(22)23-15/h8,11-12,14-18,20-21H,3-7,9-10H2,1-2H3/t11-,12-,14-,15-,16+,17+,18-/m1/s1. The topological polar surface area (TPSA) is 66.8 Å². The van der Waals surface area contributed by atoms with Crippen molar-refractivity contribution in [3.8, 4) is 0 Å². The van der Waals surface area contributed by atoms with Crippen molar-refractivity contribution < 1.29 is 19.7 Å². The molecule has 1 heterocycles. The molecule has 0 bridgehead atoms. The summed E-state index contributed by atoms with van der Waals surface area (Å²) in [5.41, 5.74) is 1.44. The van der Waals surface area contributed by atoms with Crippen LogP contribution in [0.15, 0.2) is 11.6 Å². The number of fused-ring (bicyclic) bond motifs is 1. The van der Waals surface area contributed by atoms with E-state index < -0.39 is 6.10 Å². The maximum atomic E-state index is 11.5. The van der Waals surface area contributed by atoms with Gasteiger partial charge in [0.1, 0.15) is 6.10 Å². The van der Waals surface area contributed by atoms with Crippen molar-refractivity contribution >= 4 is 5.97 Å². The average molecular weight is 322 g/mol. The van der Waals surface area contributed by atoms with E-state index in [2.05, 4.69) is 19.9 Å². The van der Waals surface area contributed by atoms with Gasteiger partial charge in [-0.2, -0.15) is 0 Å². The Kier molecular flexibility index (Phi) is 5.12. The molecule has 0 radical (unpaired) electrons. The smallest absolute Gasteiger partial charge is 0.308 e. The Morgan fingerprint density at radius 3 is 2.70 bits per heavy atom. The molecule has 0 aromatic heterocycles. The highest BCUT2D eigenvalue weighted by Crippen LogP contribution is 2.46. The van der Waals surface area contributed by atoms with Crippen LogP contribution < -0.4 is 0 Å². The van der Waals surface area contributed by atoms with Gasteiger partial charge in [0, 0.05) is 6.42 Å². The lowest BCUT2D eigenvalue weighted by Crippen LogP contribution is -2.39. The van der Waals surface area contributed by atoms with Crippen LogP contribution in [0.3, 0.4) is 0 Å². The summed E-state index contributed by atoms with van der Waals surface area (Å²) < 4.78 is 5.39. The molecule has 4 heteroatoms. The van der Waals surface area contributed by atoms with Crippen LogP contribution in [0.2, 0.25) is 0 Å². The van der Waals surface area contributed by atoms with Crippen molar-refractivity contribution in [1.82, 2.24) is 0 Å². The largest absolute Gasteiger partial charge is 0.462 e. The molecule has 1 aliphatic heterocycles. The lowest BCUT2D eigenvalue weighted by molar-refractivity contribution is -0.160. The number of allylic oxidation sites excluding steroid dienone is 1. The quantitative estimate of drug-likeness (QED) is 0.619. The molecule has 0 aromatic carbocycles. The number of cyclic esters (lactones) is 1. The van der Waals surface area contributed by atoms with Crippen molar-refractivity contribution in [3.63, 3.8) is 0 Å². The van der Waals surface area contributed by atoms with Gasteiger partial charge in [-0.1, -0.05) is 25.5 Å². The molecular weight excluding hydrogens is 292 g/mol. The van der Waals surface area contributed by atoms with Gasteiger partial charge in [-0.3, -0.25) is 4.79 Å². The zero-order valence-electron chi connectivity index (χ0n) is 14.3. The molecule has 0 spiro atoms. The molecule has 0 unspecified atom stereocenters. The maximum Gasteiger partial charge on any atom is 0.308 e. The molecule has 3 rings (SSSR count). The third kappa shape index (κ3) is 3.80. The first-order valence-corrected chi connectivity index (χ1v) is 9.20. The SMILES string of the molecule is C[C@@H]1CC[C@H]2C(=C[C@@H](O)[C@H](C)[C@@H]2CC[C@@H]2C[C@@H](O)CC(=O)O2)C1. The Labute approximate surface area is 138 Å². The molecule has 23 heavy (non-hydrogen) atoms. The molecule has 2 aliphatic carbocycles. The van der Waals surface area contributed by atoms with Gasteiger partial charge in [-0.15, -0.1) is 0 Å². The fourth-order valence-electron chi connectivity index (χ4n) is 4.86. The summed E-state index contributed by atoms with van der Waals surface area (Å²) in [5.74, 6) is 1.72. The van der Waals surface area contributed by atoms with Crippen LogP contribution in [0.5, 0.6) is 0 Å². The Balaban J connectivity index is 1.64. The van der Waals surface area contributed by atoms with Crippen molar-refractivity contribution in [1.29, 1.82) is 0 Å². The minimum absolute atomic E-state index is 0.127. The molecule has 3 aliphatic rings. The van der Waals surface area contributed by atoms with E-state index >= 15 is 0 Å². The normalized spacial score (nSPS) is 44.3. The number of rotatable bonds is 3. The molecule has 0 aromatic rings.